The molecule has 4 nitrogen and oxygen atoms in total. The Labute approximate surface area is 142 Å². The molecule has 0 aliphatic heterocycles. The quantitative estimate of drug-likeness (QED) is 0.613. The first-order valence-corrected chi connectivity index (χ1v) is 8.91. The van der Waals surface area contributed by atoms with Gasteiger partial charge in [-0.15, -0.1) is 0 Å². The standard InChI is InChI=1S/C20H24O4/c1-23-19(22)12-24-18-3-2-13(11-21)7-17(18)20-8-14-4-15(9-20)6-16(5-14)10-20/h2-3,7,11,14-16H,4-6,8-10,12H2,1H3. The maximum absolute atomic E-state index is 11.5. The second-order valence-electron chi connectivity index (χ2n) is 7.94. The van der Waals surface area contributed by atoms with Crippen LogP contribution < -0.4 is 4.74 Å². The predicted molar refractivity (Wildman–Crippen MR) is 89.2 cm³/mol. The van der Waals surface area contributed by atoms with Crippen LogP contribution in [0, 0.1) is 17.8 Å². The molecular formula is C20H24O4. The third-order valence-electron chi connectivity index (χ3n) is 6.32. The van der Waals surface area contributed by atoms with Crippen molar-refractivity contribution in [3.05, 3.63) is 29.3 Å². The fourth-order valence-electron chi connectivity index (χ4n) is 5.80. The molecule has 0 atom stereocenters. The van der Waals surface area contributed by atoms with Crippen molar-refractivity contribution in [2.75, 3.05) is 13.7 Å². The largest absolute Gasteiger partial charge is 0.482 e. The van der Waals surface area contributed by atoms with Gasteiger partial charge in [-0.3, -0.25) is 4.79 Å². The number of hydrogen-bond donors (Lipinski definition) is 0. The van der Waals surface area contributed by atoms with Gasteiger partial charge in [0.2, 0.25) is 0 Å². The minimum absolute atomic E-state index is 0.0870. The smallest absolute Gasteiger partial charge is 0.343 e. The zero-order chi connectivity index (χ0) is 16.7. The Hall–Kier alpha value is -1.84. The summed E-state index contributed by atoms with van der Waals surface area (Å²) in [5.41, 5.74) is 1.94. The molecule has 4 fully saturated rings. The van der Waals surface area contributed by atoms with Crippen molar-refractivity contribution in [1.29, 1.82) is 0 Å². The lowest BCUT2D eigenvalue weighted by atomic mass is 9.48. The average Bonchev–Trinajstić information content (AvgIpc) is 2.58. The molecular weight excluding hydrogens is 304 g/mol. The van der Waals surface area contributed by atoms with Gasteiger partial charge in [-0.25, -0.2) is 4.79 Å². The van der Waals surface area contributed by atoms with Gasteiger partial charge in [-0.1, -0.05) is 0 Å². The summed E-state index contributed by atoms with van der Waals surface area (Å²) in [4.78, 5) is 22.8. The number of carbonyl (C=O) groups is 2. The molecule has 0 radical (unpaired) electrons. The molecule has 0 saturated heterocycles. The molecule has 4 aliphatic rings. The molecule has 5 rings (SSSR count). The predicted octanol–water partition coefficient (Wildman–Crippen LogP) is 3.52. The summed E-state index contributed by atoms with van der Waals surface area (Å²) in [6.45, 7) is -0.0870. The van der Waals surface area contributed by atoms with Crippen LogP contribution in [0.15, 0.2) is 18.2 Å². The monoisotopic (exact) mass is 328 g/mol. The number of aldehydes is 1. The van der Waals surface area contributed by atoms with Crippen LogP contribution in [-0.4, -0.2) is 26.0 Å². The highest BCUT2D eigenvalue weighted by Gasteiger charge is 2.52. The third kappa shape index (κ3) is 2.62. The minimum atomic E-state index is -0.383. The molecule has 4 heteroatoms. The SMILES string of the molecule is COC(=O)COc1ccc(C=O)cc1C12CC3CC(CC(C3)C1)C2. The second kappa shape index (κ2) is 5.91. The lowest BCUT2D eigenvalue weighted by molar-refractivity contribution is -0.143. The average molecular weight is 328 g/mol. The summed E-state index contributed by atoms with van der Waals surface area (Å²) >= 11 is 0. The third-order valence-corrected chi connectivity index (χ3v) is 6.32. The first-order valence-electron chi connectivity index (χ1n) is 8.91. The van der Waals surface area contributed by atoms with Gasteiger partial charge in [0.15, 0.2) is 6.61 Å². The number of ether oxygens (including phenoxy) is 2. The van der Waals surface area contributed by atoms with Crippen LogP contribution in [0.3, 0.4) is 0 Å². The molecule has 1 aromatic rings. The minimum Gasteiger partial charge on any atom is -0.482 e. The molecule has 0 amide bonds. The summed E-state index contributed by atoms with van der Waals surface area (Å²) in [7, 11) is 1.36. The van der Waals surface area contributed by atoms with E-state index in [1.807, 2.05) is 12.1 Å². The van der Waals surface area contributed by atoms with Crippen LogP contribution in [0.25, 0.3) is 0 Å². The Morgan fingerprint density at radius 3 is 2.33 bits per heavy atom. The van der Waals surface area contributed by atoms with Gasteiger partial charge in [0.25, 0.3) is 0 Å². The highest BCUT2D eigenvalue weighted by Crippen LogP contribution is 2.61. The van der Waals surface area contributed by atoms with Crippen molar-refractivity contribution >= 4 is 12.3 Å². The van der Waals surface area contributed by atoms with Gasteiger partial charge < -0.3 is 9.47 Å². The van der Waals surface area contributed by atoms with E-state index in [4.69, 9.17) is 4.74 Å². The summed E-state index contributed by atoms with van der Waals surface area (Å²) in [6.07, 6.45) is 8.57. The number of methoxy groups -OCH3 is 1. The molecule has 1 aromatic carbocycles. The molecule has 0 unspecified atom stereocenters. The molecule has 0 spiro atoms. The maximum Gasteiger partial charge on any atom is 0.343 e. The van der Waals surface area contributed by atoms with Crippen LogP contribution in [0.1, 0.15) is 54.4 Å². The Kier molecular flexibility index (Phi) is 3.86. The highest BCUT2D eigenvalue weighted by molar-refractivity contribution is 5.76. The van der Waals surface area contributed by atoms with Gasteiger partial charge >= 0.3 is 5.97 Å². The van der Waals surface area contributed by atoms with E-state index >= 15 is 0 Å². The van der Waals surface area contributed by atoms with Gasteiger partial charge in [-0.2, -0.15) is 0 Å². The van der Waals surface area contributed by atoms with E-state index in [-0.39, 0.29) is 18.0 Å². The van der Waals surface area contributed by atoms with Gasteiger partial charge in [0, 0.05) is 11.1 Å². The number of hydrogen-bond acceptors (Lipinski definition) is 4. The Balaban J connectivity index is 1.70. The van der Waals surface area contributed by atoms with E-state index < -0.39 is 0 Å². The van der Waals surface area contributed by atoms with E-state index in [1.165, 1.54) is 45.6 Å². The fourth-order valence-corrected chi connectivity index (χ4v) is 5.80. The van der Waals surface area contributed by atoms with Crippen LogP contribution in [0.2, 0.25) is 0 Å². The van der Waals surface area contributed by atoms with Crippen molar-refractivity contribution in [3.63, 3.8) is 0 Å². The highest BCUT2D eigenvalue weighted by atomic mass is 16.6. The van der Waals surface area contributed by atoms with E-state index in [0.717, 1.165) is 35.4 Å². The first kappa shape index (κ1) is 15.7. The van der Waals surface area contributed by atoms with Gasteiger partial charge in [0.1, 0.15) is 12.0 Å². The van der Waals surface area contributed by atoms with Crippen molar-refractivity contribution in [3.8, 4) is 5.75 Å². The second-order valence-corrected chi connectivity index (χ2v) is 7.94. The Bertz CT molecular complexity index is 628. The molecule has 4 saturated carbocycles. The number of rotatable bonds is 5. The summed E-state index contributed by atoms with van der Waals surface area (Å²) in [6, 6.07) is 5.61. The summed E-state index contributed by atoms with van der Waals surface area (Å²) in [5.74, 6) is 2.79. The summed E-state index contributed by atoms with van der Waals surface area (Å²) in [5, 5.41) is 0. The molecule has 0 heterocycles. The number of benzene rings is 1. The molecule has 0 N–H and O–H groups in total. The Morgan fingerprint density at radius 1 is 1.17 bits per heavy atom. The Morgan fingerprint density at radius 2 is 1.79 bits per heavy atom. The lowest BCUT2D eigenvalue weighted by Gasteiger charge is -2.57. The van der Waals surface area contributed by atoms with Crippen LogP contribution in [0.4, 0.5) is 0 Å². The van der Waals surface area contributed by atoms with E-state index in [0.29, 0.717) is 5.56 Å². The summed E-state index contributed by atoms with van der Waals surface area (Å²) < 4.78 is 10.5. The van der Waals surface area contributed by atoms with E-state index in [1.54, 1.807) is 6.07 Å². The lowest BCUT2D eigenvalue weighted by Crippen LogP contribution is -2.48. The van der Waals surface area contributed by atoms with Gasteiger partial charge in [-0.05, 0) is 79.9 Å². The molecule has 4 aliphatic carbocycles. The zero-order valence-electron chi connectivity index (χ0n) is 14.1. The number of esters is 1. The molecule has 4 bridgehead atoms. The van der Waals surface area contributed by atoms with E-state index in [9.17, 15) is 9.59 Å². The normalized spacial score (nSPS) is 33.3. The molecule has 0 aromatic heterocycles. The molecule has 128 valence electrons. The van der Waals surface area contributed by atoms with Crippen LogP contribution >= 0.6 is 0 Å². The maximum atomic E-state index is 11.5. The fraction of sp³-hybridized carbons (Fsp3) is 0.600. The number of carbonyl (C=O) groups excluding carboxylic acids is 2. The van der Waals surface area contributed by atoms with Gasteiger partial charge in [0.05, 0.1) is 7.11 Å². The van der Waals surface area contributed by atoms with Crippen molar-refractivity contribution in [1.82, 2.24) is 0 Å². The van der Waals surface area contributed by atoms with Crippen LogP contribution in [0.5, 0.6) is 5.75 Å². The van der Waals surface area contributed by atoms with Crippen LogP contribution in [-0.2, 0) is 14.9 Å². The zero-order valence-corrected chi connectivity index (χ0v) is 14.1. The van der Waals surface area contributed by atoms with E-state index in [2.05, 4.69) is 4.74 Å². The van der Waals surface area contributed by atoms with Crippen molar-refractivity contribution < 1.29 is 19.1 Å². The first-order chi connectivity index (χ1) is 11.6. The van der Waals surface area contributed by atoms with Crippen molar-refractivity contribution in [2.24, 2.45) is 17.8 Å². The topological polar surface area (TPSA) is 52.6 Å². The molecule has 24 heavy (non-hydrogen) atoms. The van der Waals surface area contributed by atoms with Crippen molar-refractivity contribution in [2.45, 2.75) is 43.9 Å².